The fourth-order valence-electron chi connectivity index (χ4n) is 3.34. The second-order valence-electron chi connectivity index (χ2n) is 6.20. The topological polar surface area (TPSA) is 39.2 Å². The smallest absolute Gasteiger partial charge is 0.311 e. The van der Waals surface area contributed by atoms with Crippen molar-refractivity contribution in [1.29, 1.82) is 0 Å². The van der Waals surface area contributed by atoms with Crippen molar-refractivity contribution >= 4 is 16.9 Å². The van der Waals surface area contributed by atoms with Crippen LogP contribution >= 0.6 is 0 Å². The number of aromatic nitrogens is 1. The SMILES string of the molecule is O=C(CCCC1CCCCC1)Oc1cccc2cccnc12. The van der Waals surface area contributed by atoms with Crippen LogP contribution < -0.4 is 4.74 Å². The highest BCUT2D eigenvalue weighted by Gasteiger charge is 2.14. The molecular formula is C19H23NO2. The van der Waals surface area contributed by atoms with Crippen LogP contribution in [0.3, 0.4) is 0 Å². The number of carbonyl (C=O) groups excluding carboxylic acids is 1. The fourth-order valence-corrected chi connectivity index (χ4v) is 3.34. The quantitative estimate of drug-likeness (QED) is 0.582. The third kappa shape index (κ3) is 3.85. The summed E-state index contributed by atoms with van der Waals surface area (Å²) in [7, 11) is 0. The van der Waals surface area contributed by atoms with Gasteiger partial charge in [0.15, 0.2) is 5.75 Å². The normalized spacial score (nSPS) is 15.8. The zero-order chi connectivity index (χ0) is 15.2. The van der Waals surface area contributed by atoms with Crippen molar-refractivity contribution in [2.45, 2.75) is 51.4 Å². The highest BCUT2D eigenvalue weighted by atomic mass is 16.5. The first kappa shape index (κ1) is 15.0. The van der Waals surface area contributed by atoms with E-state index in [4.69, 9.17) is 4.74 Å². The standard InChI is InChI=1S/C19H23NO2/c21-18(13-4-9-15-7-2-1-3-8-15)22-17-12-5-10-16-11-6-14-20-19(16)17/h5-6,10-12,14-15H,1-4,7-9,13H2. The Labute approximate surface area is 131 Å². The van der Waals surface area contributed by atoms with Crippen molar-refractivity contribution in [2.75, 3.05) is 0 Å². The van der Waals surface area contributed by atoms with E-state index in [0.717, 1.165) is 29.7 Å². The summed E-state index contributed by atoms with van der Waals surface area (Å²) in [5.74, 6) is 1.25. The number of hydrogen-bond donors (Lipinski definition) is 0. The van der Waals surface area contributed by atoms with Crippen molar-refractivity contribution in [3.8, 4) is 5.75 Å². The number of nitrogens with zero attached hydrogens (tertiary/aromatic N) is 1. The monoisotopic (exact) mass is 297 g/mol. The van der Waals surface area contributed by atoms with Gasteiger partial charge in [0.2, 0.25) is 0 Å². The van der Waals surface area contributed by atoms with Gasteiger partial charge in [0, 0.05) is 18.0 Å². The molecule has 2 aromatic rings. The Morgan fingerprint density at radius 3 is 2.82 bits per heavy atom. The number of rotatable bonds is 5. The van der Waals surface area contributed by atoms with E-state index in [1.165, 1.54) is 32.1 Å². The molecule has 0 aliphatic heterocycles. The van der Waals surface area contributed by atoms with Crippen LogP contribution in [-0.2, 0) is 4.79 Å². The molecule has 1 aliphatic rings. The van der Waals surface area contributed by atoms with E-state index in [-0.39, 0.29) is 5.97 Å². The van der Waals surface area contributed by atoms with Crippen molar-refractivity contribution < 1.29 is 9.53 Å². The Morgan fingerprint density at radius 2 is 1.95 bits per heavy atom. The van der Waals surface area contributed by atoms with Crippen molar-refractivity contribution in [3.05, 3.63) is 36.5 Å². The Balaban J connectivity index is 1.52. The first-order valence-corrected chi connectivity index (χ1v) is 8.37. The molecule has 0 bridgehead atoms. The van der Waals surface area contributed by atoms with Crippen molar-refractivity contribution in [1.82, 2.24) is 4.98 Å². The van der Waals surface area contributed by atoms with Crippen LogP contribution in [0, 0.1) is 5.92 Å². The summed E-state index contributed by atoms with van der Waals surface area (Å²) >= 11 is 0. The number of pyridine rings is 1. The summed E-state index contributed by atoms with van der Waals surface area (Å²) < 4.78 is 5.52. The van der Waals surface area contributed by atoms with Gasteiger partial charge in [-0.05, 0) is 30.9 Å². The average Bonchev–Trinajstić information content (AvgIpc) is 2.56. The highest BCUT2D eigenvalue weighted by Crippen LogP contribution is 2.28. The molecule has 0 atom stereocenters. The number of esters is 1. The second kappa shape index (κ2) is 7.39. The molecule has 0 spiro atoms. The molecule has 1 fully saturated rings. The minimum Gasteiger partial charge on any atom is -0.424 e. The zero-order valence-electron chi connectivity index (χ0n) is 13.0. The van der Waals surface area contributed by atoms with Crippen LogP contribution in [0.5, 0.6) is 5.75 Å². The number of fused-ring (bicyclic) bond motifs is 1. The van der Waals surface area contributed by atoms with E-state index >= 15 is 0 Å². The molecular weight excluding hydrogens is 274 g/mol. The maximum atomic E-state index is 12.0. The van der Waals surface area contributed by atoms with E-state index in [1.54, 1.807) is 6.20 Å². The molecule has 116 valence electrons. The number of hydrogen-bond acceptors (Lipinski definition) is 3. The predicted molar refractivity (Wildman–Crippen MR) is 87.8 cm³/mol. The third-order valence-electron chi connectivity index (χ3n) is 4.54. The molecule has 0 amide bonds. The van der Waals surface area contributed by atoms with Gasteiger partial charge in [-0.3, -0.25) is 9.78 Å². The molecule has 0 radical (unpaired) electrons. The number of carbonyl (C=O) groups is 1. The molecule has 1 aromatic heterocycles. The van der Waals surface area contributed by atoms with Gasteiger partial charge in [0.1, 0.15) is 5.52 Å². The first-order chi connectivity index (χ1) is 10.8. The average molecular weight is 297 g/mol. The molecule has 0 N–H and O–H groups in total. The Morgan fingerprint density at radius 1 is 1.14 bits per heavy atom. The first-order valence-electron chi connectivity index (χ1n) is 8.37. The molecule has 3 rings (SSSR count). The maximum Gasteiger partial charge on any atom is 0.311 e. The van der Waals surface area contributed by atoms with E-state index in [0.29, 0.717) is 12.2 Å². The summed E-state index contributed by atoms with van der Waals surface area (Å²) in [6.45, 7) is 0. The van der Waals surface area contributed by atoms with Crippen LogP contribution in [0.25, 0.3) is 10.9 Å². The number of ether oxygens (including phenoxy) is 1. The lowest BCUT2D eigenvalue weighted by atomic mass is 9.86. The summed E-state index contributed by atoms with van der Waals surface area (Å²) in [6, 6.07) is 9.55. The lowest BCUT2D eigenvalue weighted by molar-refractivity contribution is -0.134. The third-order valence-corrected chi connectivity index (χ3v) is 4.54. The van der Waals surface area contributed by atoms with Gasteiger partial charge in [0.25, 0.3) is 0 Å². The molecule has 1 aliphatic carbocycles. The number of para-hydroxylation sites is 1. The fraction of sp³-hybridized carbons (Fsp3) is 0.474. The van der Waals surface area contributed by atoms with Crippen LogP contribution in [0.4, 0.5) is 0 Å². The lowest BCUT2D eigenvalue weighted by Crippen LogP contribution is -2.10. The second-order valence-corrected chi connectivity index (χ2v) is 6.20. The molecule has 3 nitrogen and oxygen atoms in total. The van der Waals surface area contributed by atoms with Crippen LogP contribution in [0.2, 0.25) is 0 Å². The van der Waals surface area contributed by atoms with Gasteiger partial charge in [0.05, 0.1) is 0 Å². The van der Waals surface area contributed by atoms with E-state index in [2.05, 4.69) is 4.98 Å². The molecule has 22 heavy (non-hydrogen) atoms. The van der Waals surface area contributed by atoms with Crippen molar-refractivity contribution in [2.24, 2.45) is 5.92 Å². The van der Waals surface area contributed by atoms with E-state index < -0.39 is 0 Å². The summed E-state index contributed by atoms with van der Waals surface area (Å²) in [5.41, 5.74) is 0.755. The Bertz CT molecular complexity index is 627. The number of benzene rings is 1. The molecule has 1 heterocycles. The van der Waals surface area contributed by atoms with Gasteiger partial charge in [-0.2, -0.15) is 0 Å². The van der Waals surface area contributed by atoms with Gasteiger partial charge >= 0.3 is 5.97 Å². The Kier molecular flexibility index (Phi) is 5.04. The zero-order valence-corrected chi connectivity index (χ0v) is 13.0. The van der Waals surface area contributed by atoms with Gasteiger partial charge < -0.3 is 4.74 Å². The molecule has 0 unspecified atom stereocenters. The van der Waals surface area contributed by atoms with E-state index in [9.17, 15) is 4.79 Å². The molecule has 1 aromatic carbocycles. The van der Waals surface area contributed by atoms with Crippen LogP contribution in [-0.4, -0.2) is 11.0 Å². The van der Waals surface area contributed by atoms with Gasteiger partial charge in [-0.25, -0.2) is 0 Å². The lowest BCUT2D eigenvalue weighted by Gasteiger charge is -2.20. The summed E-state index contributed by atoms with van der Waals surface area (Å²) in [5, 5.41) is 0.995. The minimum atomic E-state index is -0.144. The van der Waals surface area contributed by atoms with Gasteiger partial charge in [-0.1, -0.05) is 50.3 Å². The minimum absolute atomic E-state index is 0.144. The molecule has 1 saturated carbocycles. The maximum absolute atomic E-state index is 12.0. The van der Waals surface area contributed by atoms with Crippen LogP contribution in [0.1, 0.15) is 51.4 Å². The predicted octanol–water partition coefficient (Wildman–Crippen LogP) is 4.89. The van der Waals surface area contributed by atoms with E-state index in [1.807, 2.05) is 30.3 Å². The highest BCUT2D eigenvalue weighted by molar-refractivity contribution is 5.86. The molecule has 0 saturated heterocycles. The summed E-state index contributed by atoms with van der Waals surface area (Å²) in [4.78, 5) is 16.4. The van der Waals surface area contributed by atoms with Crippen LogP contribution in [0.15, 0.2) is 36.5 Å². The molecule has 3 heteroatoms. The van der Waals surface area contributed by atoms with Gasteiger partial charge in [-0.15, -0.1) is 0 Å². The largest absolute Gasteiger partial charge is 0.424 e. The van der Waals surface area contributed by atoms with Crippen molar-refractivity contribution in [3.63, 3.8) is 0 Å². The Hall–Kier alpha value is -1.90. The summed E-state index contributed by atoms with van der Waals surface area (Å²) in [6.07, 6.45) is 11.1.